The summed E-state index contributed by atoms with van der Waals surface area (Å²) in [5, 5.41) is 0. The van der Waals surface area contributed by atoms with E-state index < -0.39 is 0 Å². The zero-order valence-electron chi connectivity index (χ0n) is 10.4. The first kappa shape index (κ1) is 12.7. The smallest absolute Gasteiger partial charge is 0.403 e. The second-order valence-electron chi connectivity index (χ2n) is 5.12. The molecular weight excluding hydrogens is 191 g/mol. The Morgan fingerprint density at radius 3 is 2.00 bits per heavy atom. The average molecular weight is 212 g/mol. The van der Waals surface area contributed by atoms with E-state index in [-0.39, 0.29) is 24.1 Å². The zero-order valence-corrected chi connectivity index (χ0v) is 10.4. The first-order valence-electron chi connectivity index (χ1n) is 5.66. The fourth-order valence-corrected chi connectivity index (χ4v) is 1.54. The number of ketones is 1. The number of rotatable bonds is 4. The van der Waals surface area contributed by atoms with Gasteiger partial charge in [-0.15, -0.1) is 0 Å². The van der Waals surface area contributed by atoms with Crippen molar-refractivity contribution in [3.63, 3.8) is 0 Å². The van der Waals surface area contributed by atoms with Gasteiger partial charge >= 0.3 is 7.12 Å². The predicted molar refractivity (Wildman–Crippen MR) is 60.8 cm³/mol. The summed E-state index contributed by atoms with van der Waals surface area (Å²) in [5.74, 6) is 0.268. The molecule has 0 bridgehead atoms. The third-order valence-electron chi connectivity index (χ3n) is 3.36. The van der Waals surface area contributed by atoms with Gasteiger partial charge in [0.1, 0.15) is 5.78 Å². The van der Waals surface area contributed by atoms with Gasteiger partial charge in [0.05, 0.1) is 11.2 Å². The third-order valence-corrected chi connectivity index (χ3v) is 3.36. The van der Waals surface area contributed by atoms with Crippen LogP contribution < -0.4 is 0 Å². The molecule has 1 saturated heterocycles. The lowest BCUT2D eigenvalue weighted by Gasteiger charge is -2.32. The molecule has 1 rings (SSSR count). The molecule has 0 aromatic carbocycles. The summed E-state index contributed by atoms with van der Waals surface area (Å²) in [6.45, 7) is 9.97. The van der Waals surface area contributed by atoms with Crippen molar-refractivity contribution in [2.75, 3.05) is 0 Å². The molecule has 15 heavy (non-hydrogen) atoms. The number of Topliss-reactive ketones (excluding diaryl/α,β-unsaturated/α-hetero) is 1. The summed E-state index contributed by atoms with van der Waals surface area (Å²) in [6, 6.07) is 0. The minimum atomic E-state index is -0.285. The van der Waals surface area contributed by atoms with Gasteiger partial charge in [-0.25, -0.2) is 0 Å². The van der Waals surface area contributed by atoms with E-state index in [1.165, 1.54) is 0 Å². The van der Waals surface area contributed by atoms with Crippen molar-refractivity contribution in [2.45, 2.75) is 65.0 Å². The van der Waals surface area contributed by atoms with Crippen molar-refractivity contribution in [3.8, 4) is 0 Å². The lowest BCUT2D eigenvalue weighted by molar-refractivity contribution is -0.118. The van der Waals surface area contributed by atoms with Gasteiger partial charge in [-0.2, -0.15) is 0 Å². The highest BCUT2D eigenvalue weighted by Crippen LogP contribution is 2.37. The summed E-state index contributed by atoms with van der Waals surface area (Å²) in [5.41, 5.74) is -0.570. The van der Waals surface area contributed by atoms with Crippen molar-refractivity contribution in [1.29, 1.82) is 0 Å². The van der Waals surface area contributed by atoms with E-state index in [0.717, 1.165) is 0 Å². The molecule has 0 N–H and O–H groups in total. The first-order valence-corrected chi connectivity index (χ1v) is 5.66. The number of hydrogen-bond donors (Lipinski definition) is 0. The van der Waals surface area contributed by atoms with Crippen LogP contribution >= 0.6 is 0 Å². The lowest BCUT2D eigenvalue weighted by Crippen LogP contribution is -2.41. The highest BCUT2D eigenvalue weighted by atomic mass is 16.7. The second-order valence-corrected chi connectivity index (χ2v) is 5.12. The van der Waals surface area contributed by atoms with Crippen LogP contribution in [-0.2, 0) is 14.1 Å². The maximum Gasteiger partial charge on any atom is 0.458 e. The standard InChI is InChI=1S/C11H21BO3/c1-6-9(13)7-8-12-14-10(2,3)11(4,5)15-12/h6-8H2,1-5H3. The van der Waals surface area contributed by atoms with Gasteiger partial charge in [-0.1, -0.05) is 6.92 Å². The quantitative estimate of drug-likeness (QED) is 0.671. The Morgan fingerprint density at radius 1 is 1.13 bits per heavy atom. The van der Waals surface area contributed by atoms with Gasteiger partial charge < -0.3 is 9.31 Å². The van der Waals surface area contributed by atoms with Crippen LogP contribution in [0.25, 0.3) is 0 Å². The van der Waals surface area contributed by atoms with Gasteiger partial charge in [0.15, 0.2) is 0 Å². The Balaban J connectivity index is 2.46. The normalized spacial score (nSPS) is 23.1. The molecule has 1 aliphatic rings. The van der Waals surface area contributed by atoms with Crippen LogP contribution in [-0.4, -0.2) is 24.1 Å². The van der Waals surface area contributed by atoms with E-state index in [1.807, 2.05) is 34.6 Å². The van der Waals surface area contributed by atoms with Gasteiger partial charge in [0.2, 0.25) is 0 Å². The van der Waals surface area contributed by atoms with Crippen molar-refractivity contribution < 1.29 is 14.1 Å². The largest absolute Gasteiger partial charge is 0.458 e. The number of hydrogen-bond acceptors (Lipinski definition) is 3. The summed E-state index contributed by atoms with van der Waals surface area (Å²) < 4.78 is 11.6. The maximum absolute atomic E-state index is 11.2. The molecule has 1 fully saturated rings. The van der Waals surface area contributed by atoms with Crippen molar-refractivity contribution >= 4 is 12.9 Å². The van der Waals surface area contributed by atoms with E-state index >= 15 is 0 Å². The summed E-state index contributed by atoms with van der Waals surface area (Å²) in [4.78, 5) is 11.2. The molecule has 1 aliphatic heterocycles. The Kier molecular flexibility index (Phi) is 3.61. The predicted octanol–water partition coefficient (Wildman–Crippen LogP) is 2.45. The van der Waals surface area contributed by atoms with Crippen LogP contribution in [0, 0.1) is 0 Å². The van der Waals surface area contributed by atoms with Gasteiger partial charge in [0.25, 0.3) is 0 Å². The summed E-state index contributed by atoms with van der Waals surface area (Å²) >= 11 is 0. The molecule has 0 spiro atoms. The molecule has 0 atom stereocenters. The van der Waals surface area contributed by atoms with Crippen LogP contribution in [0.2, 0.25) is 6.32 Å². The monoisotopic (exact) mass is 212 g/mol. The highest BCUT2D eigenvalue weighted by molar-refractivity contribution is 6.45. The van der Waals surface area contributed by atoms with E-state index in [4.69, 9.17) is 9.31 Å². The van der Waals surface area contributed by atoms with E-state index in [1.54, 1.807) is 0 Å². The SMILES string of the molecule is CCC(=O)CCB1OC(C)(C)C(C)(C)O1. The molecule has 0 radical (unpaired) electrons. The van der Waals surface area contributed by atoms with Crippen molar-refractivity contribution in [3.05, 3.63) is 0 Å². The molecule has 0 aliphatic carbocycles. The Hall–Kier alpha value is -0.345. The third kappa shape index (κ3) is 2.82. The lowest BCUT2D eigenvalue weighted by atomic mass is 9.82. The van der Waals surface area contributed by atoms with E-state index in [2.05, 4.69) is 0 Å². The average Bonchev–Trinajstić information content (AvgIpc) is 2.31. The molecule has 1 heterocycles. The fourth-order valence-electron chi connectivity index (χ4n) is 1.54. The molecule has 4 heteroatoms. The van der Waals surface area contributed by atoms with Gasteiger partial charge in [-0.05, 0) is 34.0 Å². The number of carbonyl (C=O) groups is 1. The summed E-state index contributed by atoms with van der Waals surface area (Å²) in [6.07, 6.45) is 1.81. The fraction of sp³-hybridized carbons (Fsp3) is 0.909. The van der Waals surface area contributed by atoms with Crippen LogP contribution in [0.1, 0.15) is 47.5 Å². The molecule has 0 unspecified atom stereocenters. The van der Waals surface area contributed by atoms with Crippen molar-refractivity contribution in [2.24, 2.45) is 0 Å². The summed E-state index contributed by atoms with van der Waals surface area (Å²) in [7, 11) is -0.231. The number of carbonyl (C=O) groups excluding carboxylic acids is 1. The molecule has 0 amide bonds. The van der Waals surface area contributed by atoms with Crippen LogP contribution in [0.15, 0.2) is 0 Å². The topological polar surface area (TPSA) is 35.5 Å². The second kappa shape index (κ2) is 4.26. The van der Waals surface area contributed by atoms with Crippen LogP contribution in [0.4, 0.5) is 0 Å². The zero-order chi connectivity index (χ0) is 11.7. The molecule has 0 aromatic heterocycles. The molecular formula is C11H21BO3. The van der Waals surface area contributed by atoms with Crippen LogP contribution in [0.3, 0.4) is 0 Å². The minimum absolute atomic E-state index is 0.231. The Labute approximate surface area is 92.7 Å². The first-order chi connectivity index (χ1) is 6.78. The molecule has 3 nitrogen and oxygen atoms in total. The van der Waals surface area contributed by atoms with Crippen molar-refractivity contribution in [1.82, 2.24) is 0 Å². The minimum Gasteiger partial charge on any atom is -0.403 e. The molecule has 0 aromatic rings. The maximum atomic E-state index is 11.2. The highest BCUT2D eigenvalue weighted by Gasteiger charge is 2.50. The Bertz CT molecular complexity index is 232. The Morgan fingerprint density at radius 2 is 1.60 bits per heavy atom. The van der Waals surface area contributed by atoms with E-state index in [9.17, 15) is 4.79 Å². The van der Waals surface area contributed by atoms with Gasteiger partial charge in [0, 0.05) is 12.8 Å². The molecule has 86 valence electrons. The van der Waals surface area contributed by atoms with Gasteiger partial charge in [-0.3, -0.25) is 4.79 Å². The molecule has 0 saturated carbocycles. The van der Waals surface area contributed by atoms with Crippen LogP contribution in [0.5, 0.6) is 0 Å². The van der Waals surface area contributed by atoms with E-state index in [0.29, 0.717) is 19.2 Å².